The Morgan fingerprint density at radius 1 is 1.50 bits per heavy atom. The Kier molecular flexibility index (Phi) is 5.41. The summed E-state index contributed by atoms with van der Waals surface area (Å²) < 4.78 is 4.66. The van der Waals surface area contributed by atoms with Gasteiger partial charge in [-0.2, -0.15) is 0 Å². The number of hydrogen-bond donors (Lipinski definition) is 1. The maximum Gasteiger partial charge on any atom is 0.246 e. The van der Waals surface area contributed by atoms with Gasteiger partial charge in [-0.3, -0.25) is 4.79 Å². The standard InChI is InChI=1S/C12H12ClNO2/c1-16-9-12(15)14-8-4-6-10-5-2-3-7-11(10)13/h2-3,5,7H,8-9H2,1H3,(H,14,15). The third-order valence-electron chi connectivity index (χ3n) is 1.75. The largest absolute Gasteiger partial charge is 0.375 e. The molecule has 0 saturated carbocycles. The molecule has 0 radical (unpaired) electrons. The summed E-state index contributed by atoms with van der Waals surface area (Å²) in [6.07, 6.45) is 0. The monoisotopic (exact) mass is 237 g/mol. The van der Waals surface area contributed by atoms with Crippen molar-refractivity contribution in [2.24, 2.45) is 0 Å². The van der Waals surface area contributed by atoms with Crippen LogP contribution < -0.4 is 5.32 Å². The molecular formula is C12H12ClNO2. The lowest BCUT2D eigenvalue weighted by Gasteiger charge is -1.98. The average molecular weight is 238 g/mol. The third kappa shape index (κ3) is 4.35. The smallest absolute Gasteiger partial charge is 0.246 e. The fourth-order valence-electron chi connectivity index (χ4n) is 1.03. The van der Waals surface area contributed by atoms with Crippen LogP contribution in [0.3, 0.4) is 0 Å². The molecule has 3 nitrogen and oxygen atoms in total. The van der Waals surface area contributed by atoms with Crippen LogP contribution in [0.25, 0.3) is 0 Å². The van der Waals surface area contributed by atoms with Crippen molar-refractivity contribution in [3.63, 3.8) is 0 Å². The van der Waals surface area contributed by atoms with Crippen LogP contribution in [0.1, 0.15) is 5.56 Å². The summed E-state index contributed by atoms with van der Waals surface area (Å²) >= 11 is 5.91. The molecule has 0 aliphatic carbocycles. The van der Waals surface area contributed by atoms with Crippen LogP contribution >= 0.6 is 11.6 Å². The normalized spacial score (nSPS) is 9.12. The van der Waals surface area contributed by atoms with Gasteiger partial charge in [-0.05, 0) is 12.1 Å². The van der Waals surface area contributed by atoms with E-state index < -0.39 is 0 Å². The van der Waals surface area contributed by atoms with Gasteiger partial charge < -0.3 is 10.1 Å². The number of rotatable bonds is 3. The first-order chi connectivity index (χ1) is 7.74. The summed E-state index contributed by atoms with van der Waals surface area (Å²) in [6, 6.07) is 7.30. The number of ether oxygens (including phenoxy) is 1. The molecule has 0 aromatic heterocycles. The summed E-state index contributed by atoms with van der Waals surface area (Å²) in [4.78, 5) is 11.0. The highest BCUT2D eigenvalue weighted by Gasteiger charge is 1.96. The number of halogens is 1. The van der Waals surface area contributed by atoms with Gasteiger partial charge in [0.15, 0.2) is 0 Å². The molecule has 1 aromatic rings. The van der Waals surface area contributed by atoms with Crippen LogP contribution in [-0.4, -0.2) is 26.2 Å². The van der Waals surface area contributed by atoms with E-state index in [1.54, 1.807) is 6.07 Å². The van der Waals surface area contributed by atoms with Crippen molar-refractivity contribution in [1.29, 1.82) is 0 Å². The van der Waals surface area contributed by atoms with E-state index >= 15 is 0 Å². The zero-order chi connectivity index (χ0) is 11.8. The first-order valence-corrected chi connectivity index (χ1v) is 5.11. The van der Waals surface area contributed by atoms with Gasteiger partial charge in [0.25, 0.3) is 0 Å². The molecule has 0 spiro atoms. The van der Waals surface area contributed by atoms with E-state index in [1.807, 2.05) is 18.2 Å². The Hall–Kier alpha value is -1.50. The van der Waals surface area contributed by atoms with Crippen LogP contribution in [0.2, 0.25) is 5.02 Å². The van der Waals surface area contributed by atoms with Crippen molar-refractivity contribution in [2.45, 2.75) is 0 Å². The topological polar surface area (TPSA) is 38.3 Å². The minimum atomic E-state index is -0.184. The van der Waals surface area contributed by atoms with Crippen LogP contribution in [0, 0.1) is 11.8 Å². The lowest BCUT2D eigenvalue weighted by atomic mass is 10.2. The fraction of sp³-hybridized carbons (Fsp3) is 0.250. The summed E-state index contributed by atoms with van der Waals surface area (Å²) in [6.45, 7) is 0.335. The molecule has 0 fully saturated rings. The van der Waals surface area contributed by atoms with E-state index in [0.29, 0.717) is 5.02 Å². The maximum absolute atomic E-state index is 11.0. The van der Waals surface area contributed by atoms with Gasteiger partial charge in [0.1, 0.15) is 6.61 Å². The van der Waals surface area contributed by atoms with E-state index in [-0.39, 0.29) is 19.1 Å². The molecule has 16 heavy (non-hydrogen) atoms. The van der Waals surface area contributed by atoms with E-state index in [1.165, 1.54) is 7.11 Å². The molecule has 0 saturated heterocycles. The van der Waals surface area contributed by atoms with Gasteiger partial charge in [-0.1, -0.05) is 35.6 Å². The molecule has 0 aliphatic rings. The van der Waals surface area contributed by atoms with Gasteiger partial charge >= 0.3 is 0 Å². The maximum atomic E-state index is 11.0. The minimum absolute atomic E-state index is 0.0494. The molecule has 1 aromatic carbocycles. The second-order valence-electron chi connectivity index (χ2n) is 2.99. The average Bonchev–Trinajstić information content (AvgIpc) is 2.27. The van der Waals surface area contributed by atoms with Crippen molar-refractivity contribution in [3.05, 3.63) is 34.9 Å². The summed E-state index contributed by atoms with van der Waals surface area (Å²) in [5.41, 5.74) is 0.755. The van der Waals surface area contributed by atoms with Crippen LogP contribution in [0.5, 0.6) is 0 Å². The summed E-state index contributed by atoms with van der Waals surface area (Å²) in [5.74, 6) is 5.50. The van der Waals surface area contributed by atoms with Gasteiger partial charge in [-0.15, -0.1) is 0 Å². The highest BCUT2D eigenvalue weighted by atomic mass is 35.5. The molecule has 0 aliphatic heterocycles. The number of methoxy groups -OCH3 is 1. The van der Waals surface area contributed by atoms with Crippen LogP contribution in [-0.2, 0) is 9.53 Å². The highest BCUT2D eigenvalue weighted by molar-refractivity contribution is 6.31. The fourth-order valence-corrected chi connectivity index (χ4v) is 1.21. The first-order valence-electron chi connectivity index (χ1n) is 4.73. The molecule has 0 heterocycles. The second kappa shape index (κ2) is 6.89. The third-order valence-corrected chi connectivity index (χ3v) is 2.08. The number of carbonyl (C=O) groups is 1. The first kappa shape index (κ1) is 12.6. The van der Waals surface area contributed by atoms with Gasteiger partial charge in [0.05, 0.1) is 11.6 Å². The molecule has 1 rings (SSSR count). The van der Waals surface area contributed by atoms with Gasteiger partial charge in [0.2, 0.25) is 5.91 Å². The number of amides is 1. The number of carbonyl (C=O) groups excluding carboxylic acids is 1. The lowest BCUT2D eigenvalue weighted by Crippen LogP contribution is -2.27. The van der Waals surface area contributed by atoms with E-state index in [9.17, 15) is 4.79 Å². The van der Waals surface area contributed by atoms with Crippen molar-refractivity contribution >= 4 is 17.5 Å². The summed E-state index contributed by atoms with van der Waals surface area (Å²) in [7, 11) is 1.47. The molecular weight excluding hydrogens is 226 g/mol. The van der Waals surface area contributed by atoms with Crippen molar-refractivity contribution < 1.29 is 9.53 Å². The molecule has 84 valence electrons. The van der Waals surface area contributed by atoms with Crippen molar-refractivity contribution in [3.8, 4) is 11.8 Å². The quantitative estimate of drug-likeness (QED) is 0.809. The molecule has 0 unspecified atom stereocenters. The molecule has 4 heteroatoms. The van der Waals surface area contributed by atoms with Crippen molar-refractivity contribution in [1.82, 2.24) is 5.32 Å². The van der Waals surface area contributed by atoms with E-state index in [0.717, 1.165) is 5.56 Å². The molecule has 1 N–H and O–H groups in total. The number of hydrogen-bond acceptors (Lipinski definition) is 2. The predicted octanol–water partition coefficient (Wildman–Crippen LogP) is 1.45. The van der Waals surface area contributed by atoms with Crippen LogP contribution in [0.4, 0.5) is 0 Å². The molecule has 0 bridgehead atoms. The Balaban J connectivity index is 2.44. The predicted molar refractivity (Wildman–Crippen MR) is 63.2 cm³/mol. The highest BCUT2D eigenvalue weighted by Crippen LogP contribution is 2.12. The minimum Gasteiger partial charge on any atom is -0.375 e. The summed E-state index contributed by atoms with van der Waals surface area (Å²) in [5, 5.41) is 3.20. The van der Waals surface area contributed by atoms with Crippen LogP contribution in [0.15, 0.2) is 24.3 Å². The van der Waals surface area contributed by atoms with E-state index in [4.69, 9.17) is 11.6 Å². The second-order valence-corrected chi connectivity index (χ2v) is 3.40. The zero-order valence-electron chi connectivity index (χ0n) is 8.92. The molecule has 0 atom stereocenters. The zero-order valence-corrected chi connectivity index (χ0v) is 9.67. The Labute approximate surface area is 99.7 Å². The Morgan fingerprint density at radius 3 is 2.94 bits per heavy atom. The van der Waals surface area contributed by atoms with Crippen molar-refractivity contribution in [2.75, 3.05) is 20.3 Å². The van der Waals surface area contributed by atoms with E-state index in [2.05, 4.69) is 21.9 Å². The molecule has 1 amide bonds. The Bertz CT molecular complexity index is 421. The Morgan fingerprint density at radius 2 is 2.25 bits per heavy atom. The number of nitrogens with one attached hydrogen (secondary N) is 1. The number of benzene rings is 1. The van der Waals surface area contributed by atoms with Gasteiger partial charge in [-0.25, -0.2) is 0 Å². The van der Waals surface area contributed by atoms with Gasteiger partial charge in [0, 0.05) is 12.7 Å². The lowest BCUT2D eigenvalue weighted by molar-refractivity contribution is -0.124. The SMILES string of the molecule is COCC(=O)NCC#Cc1ccccc1Cl.